The molecule has 1 N–H and O–H groups in total. The summed E-state index contributed by atoms with van der Waals surface area (Å²) in [5.41, 5.74) is 2.56. The quantitative estimate of drug-likeness (QED) is 0.689. The number of benzene rings is 3. The monoisotopic (exact) mass is 377 g/mol. The van der Waals surface area contributed by atoms with Crippen LogP contribution in [-0.2, 0) is 0 Å². The molecule has 0 saturated carbocycles. The molecule has 2 aliphatic heterocycles. The maximum absolute atomic E-state index is 9.46. The van der Waals surface area contributed by atoms with Crippen molar-refractivity contribution in [3.05, 3.63) is 60.7 Å². The summed E-state index contributed by atoms with van der Waals surface area (Å²) in [6, 6.07) is 20.7. The molecule has 0 amide bonds. The molecule has 0 atom stereocenters. The fraction of sp³-hybridized carbons (Fsp3) is 0.273. The van der Waals surface area contributed by atoms with Crippen molar-refractivity contribution in [1.82, 2.24) is 4.90 Å². The number of aromatic hydroxyl groups is 1. The Bertz CT molecular complexity index is 946. The first-order valence-electron chi connectivity index (χ1n) is 9.51. The van der Waals surface area contributed by atoms with Gasteiger partial charge in [-0.3, -0.25) is 4.90 Å². The second kappa shape index (κ2) is 6.98. The molecule has 2 heterocycles. The molecule has 3 aromatic carbocycles. The lowest BCUT2D eigenvalue weighted by Crippen LogP contribution is -2.48. The molecule has 5 heteroatoms. The van der Waals surface area contributed by atoms with Crippen molar-refractivity contribution < 1.29 is 5.11 Å². The normalized spacial score (nSPS) is 17.0. The van der Waals surface area contributed by atoms with E-state index in [0.29, 0.717) is 5.75 Å². The molecular formula is C22H23N3OS. The van der Waals surface area contributed by atoms with Gasteiger partial charge in [0, 0.05) is 55.2 Å². The Labute approximate surface area is 164 Å². The highest BCUT2D eigenvalue weighted by molar-refractivity contribution is 8.01. The summed E-state index contributed by atoms with van der Waals surface area (Å²) < 4.78 is 2.45. The van der Waals surface area contributed by atoms with Crippen molar-refractivity contribution in [2.24, 2.45) is 0 Å². The van der Waals surface area contributed by atoms with E-state index >= 15 is 0 Å². The summed E-state index contributed by atoms with van der Waals surface area (Å²) in [7, 11) is 0. The van der Waals surface area contributed by atoms with E-state index in [-0.39, 0.29) is 0 Å². The molecule has 4 nitrogen and oxygen atoms in total. The first-order valence-corrected chi connectivity index (χ1v) is 10.3. The molecule has 27 heavy (non-hydrogen) atoms. The van der Waals surface area contributed by atoms with Crippen LogP contribution in [0.1, 0.15) is 0 Å². The van der Waals surface area contributed by atoms with Gasteiger partial charge in [0.15, 0.2) is 0 Å². The zero-order valence-electron chi connectivity index (χ0n) is 15.2. The van der Waals surface area contributed by atoms with Crippen LogP contribution in [0.15, 0.2) is 65.6 Å². The summed E-state index contributed by atoms with van der Waals surface area (Å²) in [6.45, 7) is 6.35. The molecule has 1 saturated heterocycles. The van der Waals surface area contributed by atoms with Crippen molar-refractivity contribution in [2.75, 3.05) is 48.5 Å². The zero-order chi connectivity index (χ0) is 18.2. The van der Waals surface area contributed by atoms with Crippen molar-refractivity contribution >= 4 is 34.1 Å². The van der Waals surface area contributed by atoms with Crippen LogP contribution in [0, 0.1) is 0 Å². The van der Waals surface area contributed by atoms with Gasteiger partial charge in [-0.1, -0.05) is 24.3 Å². The molecular weight excluding hydrogens is 354 g/mol. The Balaban J connectivity index is 1.19. The van der Waals surface area contributed by atoms with Crippen LogP contribution in [0.3, 0.4) is 0 Å². The maximum atomic E-state index is 9.46. The fourth-order valence-electron chi connectivity index (χ4n) is 4.03. The minimum Gasteiger partial charge on any atom is -0.508 e. The van der Waals surface area contributed by atoms with Crippen LogP contribution in [-0.4, -0.2) is 49.3 Å². The van der Waals surface area contributed by atoms with Crippen LogP contribution < -0.4 is 9.21 Å². The number of piperazine rings is 1. The molecule has 1 fully saturated rings. The third kappa shape index (κ3) is 3.22. The van der Waals surface area contributed by atoms with Gasteiger partial charge in [0.25, 0.3) is 0 Å². The SMILES string of the molecule is Oc1ccc(N2CCN(CCN3Sc4cccc5cccc3c45)CC2)cc1. The van der Waals surface area contributed by atoms with E-state index < -0.39 is 0 Å². The second-order valence-corrected chi connectivity index (χ2v) is 8.23. The van der Waals surface area contributed by atoms with E-state index in [0.717, 1.165) is 39.3 Å². The van der Waals surface area contributed by atoms with Crippen molar-refractivity contribution in [3.63, 3.8) is 0 Å². The van der Waals surface area contributed by atoms with Crippen molar-refractivity contribution in [3.8, 4) is 5.75 Å². The molecule has 138 valence electrons. The summed E-state index contributed by atoms with van der Waals surface area (Å²) in [5, 5.41) is 12.2. The Morgan fingerprint density at radius 3 is 2.33 bits per heavy atom. The average molecular weight is 378 g/mol. The van der Waals surface area contributed by atoms with E-state index in [2.05, 4.69) is 50.5 Å². The number of nitrogens with zero attached hydrogens (tertiary/aromatic N) is 3. The minimum absolute atomic E-state index is 0.330. The van der Waals surface area contributed by atoms with E-state index in [1.807, 2.05) is 24.1 Å². The Hall–Kier alpha value is -2.37. The number of anilines is 2. The summed E-state index contributed by atoms with van der Waals surface area (Å²) in [5.74, 6) is 0.330. The largest absolute Gasteiger partial charge is 0.508 e. The predicted octanol–water partition coefficient (Wildman–Crippen LogP) is 4.19. The summed E-state index contributed by atoms with van der Waals surface area (Å²) in [4.78, 5) is 6.33. The molecule has 2 aliphatic rings. The van der Waals surface area contributed by atoms with Gasteiger partial charge in [-0.15, -0.1) is 0 Å². The van der Waals surface area contributed by atoms with Crippen LogP contribution in [0.2, 0.25) is 0 Å². The first-order chi connectivity index (χ1) is 13.3. The lowest BCUT2D eigenvalue weighted by Gasteiger charge is -2.36. The fourth-order valence-corrected chi connectivity index (χ4v) is 5.14. The molecule has 0 bridgehead atoms. The molecule has 5 rings (SSSR count). The van der Waals surface area contributed by atoms with E-state index in [1.165, 1.54) is 27.0 Å². The highest BCUT2D eigenvalue weighted by Crippen LogP contribution is 2.45. The topological polar surface area (TPSA) is 30.0 Å². The van der Waals surface area contributed by atoms with E-state index in [1.54, 1.807) is 12.1 Å². The summed E-state index contributed by atoms with van der Waals surface area (Å²) >= 11 is 1.87. The highest BCUT2D eigenvalue weighted by Gasteiger charge is 2.23. The smallest absolute Gasteiger partial charge is 0.115 e. The molecule has 0 spiro atoms. The van der Waals surface area contributed by atoms with E-state index in [4.69, 9.17) is 0 Å². The average Bonchev–Trinajstić information content (AvgIpc) is 3.07. The number of phenolic OH excluding ortho intramolecular Hbond substituents is 1. The Kier molecular flexibility index (Phi) is 4.34. The minimum atomic E-state index is 0.330. The third-order valence-electron chi connectivity index (χ3n) is 5.53. The maximum Gasteiger partial charge on any atom is 0.115 e. The van der Waals surface area contributed by atoms with Crippen molar-refractivity contribution in [2.45, 2.75) is 4.90 Å². The molecule has 3 aromatic rings. The van der Waals surface area contributed by atoms with Gasteiger partial charge >= 0.3 is 0 Å². The standard InChI is InChI=1S/C22H23N3OS/c26-19-9-7-18(8-10-19)24-14-11-23(12-15-24)13-16-25-20-5-1-3-17-4-2-6-21(27-25)22(17)20/h1-10,26H,11-16H2. The Morgan fingerprint density at radius 2 is 1.56 bits per heavy atom. The van der Waals surface area contributed by atoms with Gasteiger partial charge in [-0.25, -0.2) is 0 Å². The summed E-state index contributed by atoms with van der Waals surface area (Å²) in [6.07, 6.45) is 0. The number of hydrogen-bond acceptors (Lipinski definition) is 5. The van der Waals surface area contributed by atoms with Gasteiger partial charge in [-0.2, -0.15) is 0 Å². The zero-order valence-corrected chi connectivity index (χ0v) is 16.0. The predicted molar refractivity (Wildman–Crippen MR) is 114 cm³/mol. The highest BCUT2D eigenvalue weighted by atomic mass is 32.2. The molecule has 0 aliphatic carbocycles. The van der Waals surface area contributed by atoms with Crippen LogP contribution in [0.25, 0.3) is 10.8 Å². The van der Waals surface area contributed by atoms with Gasteiger partial charge in [0.05, 0.1) is 5.69 Å². The second-order valence-electron chi connectivity index (χ2n) is 7.17. The molecule has 0 radical (unpaired) electrons. The third-order valence-corrected chi connectivity index (χ3v) is 6.66. The number of hydrogen-bond donors (Lipinski definition) is 1. The number of rotatable bonds is 4. The van der Waals surface area contributed by atoms with Gasteiger partial charge in [0.1, 0.15) is 5.75 Å². The number of phenols is 1. The van der Waals surface area contributed by atoms with Crippen LogP contribution in [0.5, 0.6) is 5.75 Å². The van der Waals surface area contributed by atoms with Crippen LogP contribution >= 0.6 is 11.9 Å². The molecule has 0 aromatic heterocycles. The lowest BCUT2D eigenvalue weighted by atomic mass is 10.1. The van der Waals surface area contributed by atoms with Gasteiger partial charge in [0.2, 0.25) is 0 Å². The van der Waals surface area contributed by atoms with E-state index in [9.17, 15) is 5.11 Å². The Morgan fingerprint density at radius 1 is 0.815 bits per heavy atom. The lowest BCUT2D eigenvalue weighted by molar-refractivity contribution is 0.265. The van der Waals surface area contributed by atoms with Gasteiger partial charge < -0.3 is 14.3 Å². The molecule has 0 unspecified atom stereocenters. The van der Waals surface area contributed by atoms with Crippen molar-refractivity contribution in [1.29, 1.82) is 0 Å². The first kappa shape index (κ1) is 16.8. The van der Waals surface area contributed by atoms with Crippen LogP contribution in [0.4, 0.5) is 11.4 Å². The van der Waals surface area contributed by atoms with Gasteiger partial charge in [-0.05, 0) is 53.7 Å².